The molecule has 0 atom stereocenters. The second kappa shape index (κ2) is 5.67. The summed E-state index contributed by atoms with van der Waals surface area (Å²) in [6.45, 7) is 3.22. The van der Waals surface area contributed by atoms with Crippen molar-refractivity contribution in [2.45, 2.75) is 26.2 Å². The van der Waals surface area contributed by atoms with Gasteiger partial charge in [-0.1, -0.05) is 19.8 Å². The van der Waals surface area contributed by atoms with E-state index in [9.17, 15) is 0 Å². The molecule has 0 bridgehead atoms. The number of unbranched alkanes of at least 4 members (excludes halogenated alkanes) is 2. The van der Waals surface area contributed by atoms with Crippen LogP contribution in [0.1, 0.15) is 26.2 Å². The molecule has 96 valence electrons. The number of nitrogens with zero attached hydrogens (tertiary/aromatic N) is 3. The summed E-state index contributed by atoms with van der Waals surface area (Å²) in [7, 11) is 2.07. The lowest BCUT2D eigenvalue weighted by atomic mass is 10.2. The second-order valence-corrected chi connectivity index (χ2v) is 4.60. The van der Waals surface area contributed by atoms with E-state index in [4.69, 9.17) is 5.73 Å². The van der Waals surface area contributed by atoms with Gasteiger partial charge in [0.2, 0.25) is 0 Å². The molecule has 4 nitrogen and oxygen atoms in total. The molecule has 0 saturated heterocycles. The van der Waals surface area contributed by atoms with Crippen LogP contribution in [0.5, 0.6) is 0 Å². The number of rotatable bonds is 5. The third-order valence-corrected chi connectivity index (χ3v) is 3.10. The first kappa shape index (κ1) is 12.6. The first-order valence-electron chi connectivity index (χ1n) is 6.43. The van der Waals surface area contributed by atoms with E-state index >= 15 is 0 Å². The number of hydrogen-bond acceptors (Lipinski definition) is 4. The lowest BCUT2D eigenvalue weighted by molar-refractivity contribution is 0.702. The quantitative estimate of drug-likeness (QED) is 0.649. The van der Waals surface area contributed by atoms with Gasteiger partial charge in [-0.2, -0.15) is 0 Å². The van der Waals surface area contributed by atoms with Crippen molar-refractivity contribution < 1.29 is 0 Å². The first-order valence-corrected chi connectivity index (χ1v) is 6.43. The highest BCUT2D eigenvalue weighted by molar-refractivity contribution is 5.91. The Morgan fingerprint density at radius 2 is 2.06 bits per heavy atom. The summed E-state index contributed by atoms with van der Waals surface area (Å²) in [5.74, 6) is 0.961. The highest BCUT2D eigenvalue weighted by Crippen LogP contribution is 2.24. The van der Waals surface area contributed by atoms with E-state index in [2.05, 4.69) is 28.8 Å². The smallest absolute Gasteiger partial charge is 0.139 e. The van der Waals surface area contributed by atoms with Gasteiger partial charge in [0, 0.05) is 24.7 Å². The van der Waals surface area contributed by atoms with Gasteiger partial charge >= 0.3 is 0 Å². The minimum Gasteiger partial charge on any atom is -0.399 e. The van der Waals surface area contributed by atoms with Crippen LogP contribution in [0.3, 0.4) is 0 Å². The van der Waals surface area contributed by atoms with Crippen LogP contribution < -0.4 is 10.6 Å². The first-order chi connectivity index (χ1) is 8.72. The predicted molar refractivity (Wildman–Crippen MR) is 76.7 cm³/mol. The maximum absolute atomic E-state index is 5.84. The number of hydrogen-bond donors (Lipinski definition) is 1. The monoisotopic (exact) mass is 244 g/mol. The van der Waals surface area contributed by atoms with Crippen LogP contribution in [0.15, 0.2) is 24.5 Å². The number of nitrogen functional groups attached to an aromatic ring is 1. The van der Waals surface area contributed by atoms with Crippen molar-refractivity contribution in [1.29, 1.82) is 0 Å². The second-order valence-electron chi connectivity index (χ2n) is 4.60. The van der Waals surface area contributed by atoms with Crippen LogP contribution in [-0.2, 0) is 0 Å². The van der Waals surface area contributed by atoms with Crippen molar-refractivity contribution in [3.63, 3.8) is 0 Å². The van der Waals surface area contributed by atoms with Crippen molar-refractivity contribution >= 4 is 22.4 Å². The minimum atomic E-state index is 0.750. The number of aromatic nitrogens is 2. The molecule has 18 heavy (non-hydrogen) atoms. The van der Waals surface area contributed by atoms with Gasteiger partial charge in [-0.15, -0.1) is 0 Å². The fourth-order valence-corrected chi connectivity index (χ4v) is 2.07. The van der Waals surface area contributed by atoms with E-state index in [-0.39, 0.29) is 0 Å². The predicted octanol–water partition coefficient (Wildman–Crippen LogP) is 2.84. The van der Waals surface area contributed by atoms with E-state index in [1.807, 2.05) is 18.2 Å². The van der Waals surface area contributed by atoms with Crippen molar-refractivity contribution in [3.8, 4) is 0 Å². The molecule has 1 aromatic carbocycles. The zero-order valence-electron chi connectivity index (χ0n) is 11.1. The van der Waals surface area contributed by atoms with Gasteiger partial charge in [0.1, 0.15) is 12.1 Å². The Hall–Kier alpha value is -1.84. The molecular formula is C14H20N4. The number of fused-ring (bicyclic) bond motifs is 1. The molecule has 1 aromatic heterocycles. The molecule has 1 heterocycles. The average molecular weight is 244 g/mol. The molecule has 2 N–H and O–H groups in total. The van der Waals surface area contributed by atoms with Gasteiger partial charge in [-0.25, -0.2) is 9.97 Å². The molecule has 0 saturated carbocycles. The number of nitrogens with two attached hydrogens (primary N) is 1. The Kier molecular flexibility index (Phi) is 3.97. The van der Waals surface area contributed by atoms with Gasteiger partial charge in [0.25, 0.3) is 0 Å². The third-order valence-electron chi connectivity index (χ3n) is 3.10. The highest BCUT2D eigenvalue weighted by atomic mass is 15.2. The van der Waals surface area contributed by atoms with Crippen LogP contribution in [0.4, 0.5) is 11.5 Å². The summed E-state index contributed by atoms with van der Waals surface area (Å²) in [5.41, 5.74) is 7.53. The van der Waals surface area contributed by atoms with Crippen molar-refractivity contribution in [3.05, 3.63) is 24.5 Å². The van der Waals surface area contributed by atoms with Crippen LogP contribution in [-0.4, -0.2) is 23.6 Å². The number of benzene rings is 1. The zero-order valence-corrected chi connectivity index (χ0v) is 11.1. The molecule has 0 spiro atoms. The summed E-state index contributed by atoms with van der Waals surface area (Å²) in [4.78, 5) is 10.8. The van der Waals surface area contributed by atoms with Gasteiger partial charge < -0.3 is 10.6 Å². The van der Waals surface area contributed by atoms with Crippen molar-refractivity contribution in [2.75, 3.05) is 24.2 Å². The normalized spacial score (nSPS) is 10.8. The van der Waals surface area contributed by atoms with Crippen LogP contribution in [0.2, 0.25) is 0 Å². The lowest BCUT2D eigenvalue weighted by Gasteiger charge is -2.19. The Balaban J connectivity index is 2.29. The number of anilines is 2. The molecule has 0 amide bonds. The Labute approximate surface area is 108 Å². The Bertz CT molecular complexity index is 524. The van der Waals surface area contributed by atoms with E-state index in [0.717, 1.165) is 29.0 Å². The standard InChI is InChI=1S/C14H20N4/c1-3-4-5-8-18(2)14-12-9-11(15)6-7-13(12)16-10-17-14/h6-7,9-10H,3-5,8,15H2,1-2H3. The summed E-state index contributed by atoms with van der Waals surface area (Å²) < 4.78 is 0. The van der Waals surface area contributed by atoms with Gasteiger partial charge in [0.05, 0.1) is 5.52 Å². The topological polar surface area (TPSA) is 55.0 Å². The average Bonchev–Trinajstić information content (AvgIpc) is 2.38. The third kappa shape index (κ3) is 2.70. The molecule has 0 aliphatic rings. The van der Waals surface area contributed by atoms with Crippen molar-refractivity contribution in [1.82, 2.24) is 9.97 Å². The minimum absolute atomic E-state index is 0.750. The fourth-order valence-electron chi connectivity index (χ4n) is 2.07. The summed E-state index contributed by atoms with van der Waals surface area (Å²) in [5, 5.41) is 1.02. The lowest BCUT2D eigenvalue weighted by Crippen LogP contribution is -2.20. The van der Waals surface area contributed by atoms with Gasteiger partial charge in [-0.3, -0.25) is 0 Å². The largest absolute Gasteiger partial charge is 0.399 e. The van der Waals surface area contributed by atoms with E-state index in [0.29, 0.717) is 0 Å². The molecule has 4 heteroatoms. The summed E-state index contributed by atoms with van der Waals surface area (Å²) in [6, 6.07) is 5.76. The Morgan fingerprint density at radius 1 is 1.22 bits per heavy atom. The van der Waals surface area contributed by atoms with Crippen LogP contribution in [0.25, 0.3) is 10.9 Å². The molecule has 2 aromatic rings. The summed E-state index contributed by atoms with van der Waals surface area (Å²) in [6.07, 6.45) is 5.27. The molecule has 0 radical (unpaired) electrons. The van der Waals surface area contributed by atoms with E-state index < -0.39 is 0 Å². The Morgan fingerprint density at radius 3 is 2.83 bits per heavy atom. The SMILES string of the molecule is CCCCCN(C)c1ncnc2ccc(N)cc12. The molecule has 0 aliphatic heterocycles. The maximum atomic E-state index is 5.84. The molecule has 0 unspecified atom stereocenters. The molecule has 0 fully saturated rings. The zero-order chi connectivity index (χ0) is 13.0. The molecule has 0 aliphatic carbocycles. The molecule has 2 rings (SSSR count). The van der Waals surface area contributed by atoms with E-state index in [1.165, 1.54) is 19.3 Å². The highest BCUT2D eigenvalue weighted by Gasteiger charge is 2.08. The van der Waals surface area contributed by atoms with Crippen molar-refractivity contribution in [2.24, 2.45) is 0 Å². The fraction of sp³-hybridized carbons (Fsp3) is 0.429. The summed E-state index contributed by atoms with van der Waals surface area (Å²) >= 11 is 0. The maximum Gasteiger partial charge on any atom is 0.139 e. The van der Waals surface area contributed by atoms with Gasteiger partial charge in [0.15, 0.2) is 0 Å². The van der Waals surface area contributed by atoms with Gasteiger partial charge in [-0.05, 0) is 24.6 Å². The van der Waals surface area contributed by atoms with E-state index in [1.54, 1.807) is 6.33 Å². The van der Waals surface area contributed by atoms with Crippen LogP contribution in [0, 0.1) is 0 Å². The van der Waals surface area contributed by atoms with Crippen LogP contribution >= 0.6 is 0 Å². The molecular weight excluding hydrogens is 224 g/mol.